The number of nitrogens with zero attached hydrogens (tertiary/aromatic N) is 4. The summed E-state index contributed by atoms with van der Waals surface area (Å²) in [5, 5.41) is 13.5. The molecule has 2 N–H and O–H groups in total. The van der Waals surface area contributed by atoms with E-state index < -0.39 is 0 Å². The predicted molar refractivity (Wildman–Crippen MR) is 129 cm³/mol. The third-order valence-electron chi connectivity index (χ3n) is 4.85. The second-order valence-corrected chi connectivity index (χ2v) is 8.09. The van der Waals surface area contributed by atoms with E-state index in [9.17, 15) is 0 Å². The summed E-state index contributed by atoms with van der Waals surface area (Å²) in [7, 11) is 0. The summed E-state index contributed by atoms with van der Waals surface area (Å²) in [4.78, 5) is 8.80. The van der Waals surface area contributed by atoms with Crippen molar-refractivity contribution in [2.75, 3.05) is 32.7 Å². The molecule has 0 bridgehead atoms. The topological polar surface area (TPSA) is 57.5 Å². The average molecular weight is 516 g/mol. The van der Waals surface area contributed by atoms with Gasteiger partial charge in [0.1, 0.15) is 0 Å². The zero-order valence-corrected chi connectivity index (χ0v) is 20.3. The third kappa shape index (κ3) is 6.73. The molecule has 2 aromatic rings. The van der Waals surface area contributed by atoms with Gasteiger partial charge in [-0.05, 0) is 56.7 Å². The van der Waals surface area contributed by atoms with E-state index in [1.54, 1.807) is 4.88 Å². The summed E-state index contributed by atoms with van der Waals surface area (Å²) in [6, 6.07) is 4.39. The number of halogens is 1. The van der Waals surface area contributed by atoms with E-state index >= 15 is 0 Å². The van der Waals surface area contributed by atoms with Crippen molar-refractivity contribution >= 4 is 41.3 Å². The van der Waals surface area contributed by atoms with Gasteiger partial charge in [-0.3, -0.25) is 14.6 Å². The molecular weight excluding hydrogens is 483 g/mol. The molecular formula is C20H33IN6S. The fourth-order valence-corrected chi connectivity index (χ4v) is 4.37. The maximum Gasteiger partial charge on any atom is 0.191 e. The molecule has 0 aromatic carbocycles. The molecule has 0 fully saturated rings. The Morgan fingerprint density at radius 2 is 2.14 bits per heavy atom. The van der Waals surface area contributed by atoms with Crippen molar-refractivity contribution in [3.05, 3.63) is 39.3 Å². The minimum Gasteiger partial charge on any atom is -0.357 e. The van der Waals surface area contributed by atoms with Gasteiger partial charge >= 0.3 is 0 Å². The van der Waals surface area contributed by atoms with Gasteiger partial charge in [0.05, 0.1) is 5.69 Å². The first-order chi connectivity index (χ1) is 13.2. The van der Waals surface area contributed by atoms with Crippen LogP contribution in [0.15, 0.2) is 22.5 Å². The maximum absolute atomic E-state index is 4.71. The van der Waals surface area contributed by atoms with Crippen LogP contribution in [0.3, 0.4) is 0 Å². The lowest BCUT2D eigenvalue weighted by atomic mass is 10.1. The highest BCUT2D eigenvalue weighted by Crippen LogP contribution is 2.23. The monoisotopic (exact) mass is 516 g/mol. The molecule has 0 atom stereocenters. The minimum atomic E-state index is 0. The van der Waals surface area contributed by atoms with Crippen LogP contribution in [0.25, 0.3) is 0 Å². The maximum atomic E-state index is 4.71. The number of hydrogen-bond acceptors (Lipinski definition) is 4. The molecule has 0 aliphatic carbocycles. The molecule has 0 saturated heterocycles. The van der Waals surface area contributed by atoms with Gasteiger partial charge in [-0.15, -0.1) is 35.3 Å². The Balaban J connectivity index is 0.00000280. The van der Waals surface area contributed by atoms with Gasteiger partial charge in [0.25, 0.3) is 0 Å². The van der Waals surface area contributed by atoms with Crippen molar-refractivity contribution in [1.82, 2.24) is 25.3 Å². The third-order valence-corrected chi connectivity index (χ3v) is 5.88. The number of thiophene rings is 1. The molecule has 1 aliphatic rings. The van der Waals surface area contributed by atoms with Crippen molar-refractivity contribution in [3.63, 3.8) is 0 Å². The summed E-state index contributed by atoms with van der Waals surface area (Å²) >= 11 is 1.90. The van der Waals surface area contributed by atoms with Crippen LogP contribution in [0.1, 0.15) is 35.2 Å². The number of aromatic nitrogens is 2. The van der Waals surface area contributed by atoms with Crippen LogP contribution in [0.4, 0.5) is 0 Å². The van der Waals surface area contributed by atoms with E-state index in [1.807, 2.05) is 18.3 Å². The van der Waals surface area contributed by atoms with Crippen LogP contribution in [0, 0.1) is 13.8 Å². The SMILES string of the molecule is CCNC(=NCCCn1nc(C)cc1C)NCCN1CCc2sccc2C1.I. The Hall–Kier alpha value is -1.13. The number of nitrogens with one attached hydrogen (secondary N) is 2. The Labute approximate surface area is 189 Å². The molecule has 2 aromatic heterocycles. The molecule has 0 unspecified atom stereocenters. The zero-order chi connectivity index (χ0) is 19.1. The van der Waals surface area contributed by atoms with E-state index in [0.29, 0.717) is 0 Å². The lowest BCUT2D eigenvalue weighted by molar-refractivity contribution is 0.260. The largest absolute Gasteiger partial charge is 0.357 e. The number of fused-ring (bicyclic) bond motifs is 1. The van der Waals surface area contributed by atoms with Gasteiger partial charge in [0.15, 0.2) is 5.96 Å². The summed E-state index contributed by atoms with van der Waals surface area (Å²) in [6.07, 6.45) is 2.18. The molecule has 1 aliphatic heterocycles. The van der Waals surface area contributed by atoms with E-state index in [2.05, 4.69) is 56.7 Å². The van der Waals surface area contributed by atoms with E-state index in [1.165, 1.54) is 17.7 Å². The first-order valence-electron chi connectivity index (χ1n) is 9.96. The van der Waals surface area contributed by atoms with Gasteiger partial charge < -0.3 is 10.6 Å². The van der Waals surface area contributed by atoms with Crippen LogP contribution in [0.5, 0.6) is 0 Å². The van der Waals surface area contributed by atoms with Crippen LogP contribution in [-0.4, -0.2) is 53.4 Å². The van der Waals surface area contributed by atoms with Crippen LogP contribution in [0.2, 0.25) is 0 Å². The number of aryl methyl sites for hydroxylation is 3. The fourth-order valence-electron chi connectivity index (χ4n) is 3.48. The zero-order valence-electron chi connectivity index (χ0n) is 17.2. The van der Waals surface area contributed by atoms with Gasteiger partial charge in [-0.2, -0.15) is 5.10 Å². The second kappa shape index (κ2) is 11.8. The molecule has 8 heteroatoms. The molecule has 3 heterocycles. The van der Waals surface area contributed by atoms with Crippen LogP contribution in [-0.2, 0) is 19.5 Å². The molecule has 0 radical (unpaired) electrons. The van der Waals surface area contributed by atoms with Crippen LogP contribution < -0.4 is 10.6 Å². The van der Waals surface area contributed by atoms with E-state index in [-0.39, 0.29) is 24.0 Å². The first-order valence-corrected chi connectivity index (χ1v) is 10.8. The minimum absolute atomic E-state index is 0. The molecule has 0 amide bonds. The van der Waals surface area contributed by atoms with Gasteiger partial charge in [0.2, 0.25) is 0 Å². The van der Waals surface area contributed by atoms with Crippen LogP contribution >= 0.6 is 35.3 Å². The summed E-state index contributed by atoms with van der Waals surface area (Å²) in [5.74, 6) is 0.916. The molecule has 3 rings (SSSR count). The normalized spacial score (nSPS) is 14.5. The number of rotatable bonds is 8. The second-order valence-electron chi connectivity index (χ2n) is 7.09. The molecule has 28 heavy (non-hydrogen) atoms. The Kier molecular flexibility index (Phi) is 9.73. The summed E-state index contributed by atoms with van der Waals surface area (Å²) < 4.78 is 2.07. The van der Waals surface area contributed by atoms with Gasteiger partial charge in [0, 0.05) is 56.4 Å². The van der Waals surface area contributed by atoms with Crippen molar-refractivity contribution in [3.8, 4) is 0 Å². The van der Waals surface area contributed by atoms with Gasteiger partial charge in [-0.25, -0.2) is 0 Å². The van der Waals surface area contributed by atoms with E-state index in [4.69, 9.17) is 4.99 Å². The quantitative estimate of drug-likeness (QED) is 0.245. The van der Waals surface area contributed by atoms with Gasteiger partial charge in [-0.1, -0.05) is 0 Å². The number of guanidine groups is 1. The average Bonchev–Trinajstić information content (AvgIpc) is 3.24. The Morgan fingerprint density at radius 3 is 2.89 bits per heavy atom. The molecule has 6 nitrogen and oxygen atoms in total. The number of hydrogen-bond donors (Lipinski definition) is 2. The highest BCUT2D eigenvalue weighted by atomic mass is 127. The first kappa shape index (κ1) is 23.2. The highest BCUT2D eigenvalue weighted by Gasteiger charge is 2.16. The smallest absolute Gasteiger partial charge is 0.191 e. The Morgan fingerprint density at radius 1 is 1.29 bits per heavy atom. The summed E-state index contributed by atoms with van der Waals surface area (Å²) in [5.41, 5.74) is 3.81. The predicted octanol–water partition coefficient (Wildman–Crippen LogP) is 3.18. The number of aliphatic imine (C=N–C) groups is 1. The summed E-state index contributed by atoms with van der Waals surface area (Å²) in [6.45, 7) is 13.1. The standard InChI is InChI=1S/C20H32N6S.HI/c1-4-21-20(22-8-5-10-26-17(3)14-16(2)24-26)23-9-12-25-11-6-19-18(15-25)7-13-27-19;/h7,13-14H,4-6,8-12,15H2,1-3H3,(H2,21,22,23);1H. The van der Waals surface area contributed by atoms with Crippen molar-refractivity contribution in [1.29, 1.82) is 0 Å². The Bertz CT molecular complexity index is 754. The molecule has 0 saturated carbocycles. The molecule has 0 spiro atoms. The highest BCUT2D eigenvalue weighted by molar-refractivity contribution is 14.0. The van der Waals surface area contributed by atoms with E-state index in [0.717, 1.165) is 63.9 Å². The fraction of sp³-hybridized carbons (Fsp3) is 0.600. The lowest BCUT2D eigenvalue weighted by Gasteiger charge is -2.27. The van der Waals surface area contributed by atoms with Crippen molar-refractivity contribution in [2.24, 2.45) is 4.99 Å². The van der Waals surface area contributed by atoms with Crippen molar-refractivity contribution < 1.29 is 0 Å². The van der Waals surface area contributed by atoms with Crippen molar-refractivity contribution in [2.45, 2.75) is 46.7 Å². The lowest BCUT2D eigenvalue weighted by Crippen LogP contribution is -2.42. The molecule has 156 valence electrons.